The van der Waals surface area contributed by atoms with E-state index in [2.05, 4.69) is 407 Å². The van der Waals surface area contributed by atoms with Crippen molar-refractivity contribution in [3.63, 3.8) is 0 Å². The number of hydrogen-bond donors (Lipinski definition) is 2. The summed E-state index contributed by atoms with van der Waals surface area (Å²) >= 11 is 0. The van der Waals surface area contributed by atoms with Gasteiger partial charge >= 0.3 is 0 Å². The summed E-state index contributed by atoms with van der Waals surface area (Å²) in [5.74, 6) is -0.698. The average molecular weight is 1440 g/mol. The summed E-state index contributed by atoms with van der Waals surface area (Å²) in [4.78, 5) is 21.0. The third kappa shape index (κ3) is 13.8. The van der Waals surface area contributed by atoms with Crippen molar-refractivity contribution >= 4 is 46.4 Å². The maximum Gasteiger partial charge on any atom is 0.0737 e. The molecule has 0 amide bonds. The Kier molecular flexibility index (Phi) is 18.3. The zero-order chi connectivity index (χ0) is 78.5. The summed E-state index contributed by atoms with van der Waals surface area (Å²) in [5, 5.41) is 0. The van der Waals surface area contributed by atoms with Gasteiger partial charge in [0.2, 0.25) is 0 Å². The van der Waals surface area contributed by atoms with E-state index in [1.165, 1.54) is 111 Å². The fourth-order valence-corrected chi connectivity index (χ4v) is 17.6. The normalized spacial score (nSPS) is 13.5. The second-order valence-corrected chi connectivity index (χ2v) is 40.0. The highest BCUT2D eigenvalue weighted by Crippen LogP contribution is 2.56. The van der Waals surface area contributed by atoms with Crippen LogP contribution in [0.1, 0.15) is 279 Å². The van der Waals surface area contributed by atoms with E-state index in [0.29, 0.717) is 0 Å². The van der Waals surface area contributed by atoms with Gasteiger partial charge in [-0.05, 0) is 214 Å². The van der Waals surface area contributed by atoms with E-state index in [9.17, 15) is 0 Å². The zero-order valence-corrected chi connectivity index (χ0v) is 70.0. The summed E-state index contributed by atoms with van der Waals surface area (Å²) in [7, 11) is 0. The van der Waals surface area contributed by atoms with Crippen LogP contribution in [0.15, 0.2) is 206 Å². The summed E-state index contributed by atoms with van der Waals surface area (Å²) in [6, 6.07) is 80.1. The molecule has 4 heteroatoms. The molecule has 558 valence electrons. The first-order chi connectivity index (χ1) is 51.6. The van der Waals surface area contributed by atoms with Crippen LogP contribution in [0, 0.1) is 0 Å². The summed E-state index contributed by atoms with van der Waals surface area (Å²) in [5.41, 5.74) is 38.2. The molecule has 2 N–H and O–H groups in total. The van der Waals surface area contributed by atoms with Crippen LogP contribution < -0.4 is 0 Å². The number of aromatic amines is 2. The van der Waals surface area contributed by atoms with Crippen LogP contribution in [0.2, 0.25) is 0 Å². The van der Waals surface area contributed by atoms with Crippen molar-refractivity contribution in [2.45, 2.75) is 221 Å². The highest BCUT2D eigenvalue weighted by molar-refractivity contribution is 5.97. The Morgan fingerprint density at radius 3 is 0.691 bits per heavy atom. The zero-order valence-electron chi connectivity index (χ0n) is 70.0. The van der Waals surface area contributed by atoms with Gasteiger partial charge in [-0.2, -0.15) is 0 Å². The van der Waals surface area contributed by atoms with Crippen molar-refractivity contribution in [2.24, 2.45) is 0 Å². The van der Waals surface area contributed by atoms with Gasteiger partial charge in [-0.1, -0.05) is 348 Å². The lowest BCUT2D eigenvalue weighted by Crippen LogP contribution is -2.11. The molecule has 10 aliphatic rings. The summed E-state index contributed by atoms with van der Waals surface area (Å²) < 4.78 is 0. The number of nitrogens with zero attached hydrogens (tertiary/aromatic N) is 2. The number of nitrogens with one attached hydrogen (secondary N) is 2. The third-order valence-electron chi connectivity index (χ3n) is 23.7. The maximum absolute atomic E-state index is 6.18. The Morgan fingerprint density at radius 2 is 0.455 bits per heavy atom. The molecule has 0 radical (unpaired) electrons. The molecule has 4 nitrogen and oxygen atoms in total. The molecule has 3 aromatic heterocycles. The van der Waals surface area contributed by atoms with Crippen LogP contribution in [0.4, 0.5) is 0 Å². The third-order valence-corrected chi connectivity index (χ3v) is 23.7. The minimum Gasteiger partial charge on any atom is -0.355 e. The number of aromatic nitrogens is 4. The van der Waals surface area contributed by atoms with Crippen molar-refractivity contribution in [3.05, 3.63) is 307 Å². The van der Waals surface area contributed by atoms with Crippen molar-refractivity contribution in [2.75, 3.05) is 0 Å². The maximum atomic E-state index is 6.18. The van der Waals surface area contributed by atoms with Gasteiger partial charge in [-0.15, -0.1) is 0 Å². The molecule has 5 aromatic rings. The lowest BCUT2D eigenvalue weighted by Gasteiger charge is -2.21. The van der Waals surface area contributed by atoms with E-state index in [4.69, 9.17) is 9.97 Å². The molecule has 0 saturated carbocycles. The molecule has 2 aromatic carbocycles. The van der Waals surface area contributed by atoms with Crippen molar-refractivity contribution in [1.29, 1.82) is 0 Å². The SMILES string of the molecule is CC(C)(C)c1ccc2c(C(c3cc(C(C)(C)C)c4ccc(C(C)(C)C)ccc3-4)c3c4nc(c(-c5ccccc5)c5ccc([nH]5)c(C(c5cc(C(C)(C)C)c6ccc(C(C)(C)C)ccc5-6)c5cc(C(C)(C)C)c6ccc(C(C)(C)C)ccc5-6)c5nc(c(-c6ccccc6)c6ccc3[nH]6)C=C5)C=C4)cc(C(C)(C)C)c-2cc1. The highest BCUT2D eigenvalue weighted by atomic mass is 14.8. The standard InChI is InChI=1S/C106H114N4/c1-99(2,3)65-35-43-69-73(47-39-65)81(103(13,14)15)59-77(69)95(78-60-82(104(16,17)18)74-48-40-66(100(4,5)6)36-44-70(74)78)97-89-55-51-85(107-89)93(63-31-27-25-28-32-63)87-53-57-91(109-87)98(92-58-54-88(110-92)94(64-33-29-26-30-34-64)86-52-56-90(97)108-86)96(79-61-83(105(19,20)21)75-49-41-67(101(7,8)9)37-45-71(75)79)80-62-84(106(22,23)24)76-50-42-68(102(10,11)12)38-46-72(76)80/h25-62,95-96,107,110H,1-24H3. The van der Waals surface area contributed by atoms with Crippen LogP contribution in [-0.4, -0.2) is 19.9 Å². The van der Waals surface area contributed by atoms with E-state index in [0.717, 1.165) is 78.2 Å². The molecule has 5 heterocycles. The van der Waals surface area contributed by atoms with Gasteiger partial charge in [0.25, 0.3) is 0 Å². The van der Waals surface area contributed by atoms with Gasteiger partial charge in [0.05, 0.1) is 22.8 Å². The van der Waals surface area contributed by atoms with Gasteiger partial charge in [0.1, 0.15) is 0 Å². The lowest BCUT2D eigenvalue weighted by molar-refractivity contribution is 0.590. The Hall–Kier alpha value is -10.2. The van der Waals surface area contributed by atoms with Crippen molar-refractivity contribution in [3.8, 4) is 66.8 Å². The Balaban J connectivity index is 1.14. The Labute approximate surface area is 657 Å². The number of H-pyrrole nitrogens is 2. The first-order valence-electron chi connectivity index (χ1n) is 40.2. The Morgan fingerprint density at radius 1 is 0.227 bits per heavy atom. The van der Waals surface area contributed by atoms with E-state index in [1.54, 1.807) is 0 Å². The van der Waals surface area contributed by atoms with E-state index < -0.39 is 0 Å². The quantitative estimate of drug-likeness (QED) is 0.159. The second kappa shape index (κ2) is 26.8. The topological polar surface area (TPSA) is 57.4 Å². The number of fused-ring (bicyclic) bond motifs is 12. The molecule has 8 bridgehead atoms. The molecule has 0 atom stereocenters. The molecule has 0 unspecified atom stereocenters. The molecule has 8 aliphatic carbocycles. The largest absolute Gasteiger partial charge is 0.355 e. The minimum absolute atomic E-state index is 0.0822. The van der Waals surface area contributed by atoms with Gasteiger partial charge in [-0.25, -0.2) is 9.97 Å². The van der Waals surface area contributed by atoms with Crippen LogP contribution in [0.25, 0.3) is 113 Å². The average Bonchev–Trinajstić information content (AvgIpc) is 1.57. The molecule has 0 saturated heterocycles. The Bertz CT molecular complexity index is 5260. The van der Waals surface area contributed by atoms with Crippen molar-refractivity contribution < 1.29 is 0 Å². The predicted molar refractivity (Wildman–Crippen MR) is 473 cm³/mol. The minimum atomic E-state index is -0.349. The lowest BCUT2D eigenvalue weighted by atomic mass is 9.82. The number of benzene rings is 2. The molecule has 15 rings (SSSR count). The monoisotopic (exact) mass is 1440 g/mol. The first-order valence-corrected chi connectivity index (χ1v) is 40.2. The molecule has 2 aliphatic heterocycles. The second-order valence-electron chi connectivity index (χ2n) is 40.0. The molecule has 0 spiro atoms. The van der Waals surface area contributed by atoms with Crippen molar-refractivity contribution in [1.82, 2.24) is 19.9 Å². The first kappa shape index (κ1) is 75.3. The summed E-state index contributed by atoms with van der Waals surface area (Å²) in [6.07, 6.45) is 9.23. The molecule has 110 heavy (non-hydrogen) atoms. The van der Waals surface area contributed by atoms with E-state index in [-0.39, 0.29) is 55.2 Å². The summed E-state index contributed by atoms with van der Waals surface area (Å²) in [6.45, 7) is 56.5. The van der Waals surface area contributed by atoms with Crippen LogP contribution in [0.3, 0.4) is 0 Å². The number of rotatable bonds is 8. The molecular weight excluding hydrogens is 1330 g/mol. The van der Waals surface area contributed by atoms with Gasteiger partial charge in [0, 0.05) is 56.2 Å². The van der Waals surface area contributed by atoms with Gasteiger partial charge in [0.15, 0.2) is 0 Å². The smallest absolute Gasteiger partial charge is 0.0737 e. The van der Waals surface area contributed by atoms with Crippen LogP contribution in [0.5, 0.6) is 0 Å². The number of hydrogen-bond acceptors (Lipinski definition) is 2. The van der Waals surface area contributed by atoms with Crippen LogP contribution in [-0.2, 0) is 43.3 Å². The van der Waals surface area contributed by atoms with E-state index in [1.807, 2.05) is 0 Å². The highest BCUT2D eigenvalue weighted by Gasteiger charge is 2.40. The fourth-order valence-electron chi connectivity index (χ4n) is 17.6. The molecule has 0 fully saturated rings. The fraction of sp³-hybridized carbons (Fsp3) is 0.321. The van der Waals surface area contributed by atoms with Crippen LogP contribution >= 0.6 is 0 Å². The predicted octanol–water partition coefficient (Wildman–Crippen LogP) is 29.1. The van der Waals surface area contributed by atoms with Gasteiger partial charge in [-0.3, -0.25) is 0 Å². The van der Waals surface area contributed by atoms with Gasteiger partial charge < -0.3 is 9.97 Å². The van der Waals surface area contributed by atoms with E-state index >= 15 is 0 Å². The molecular formula is C106H114N4.